The third-order valence-corrected chi connectivity index (χ3v) is 4.65. The third-order valence-electron chi connectivity index (χ3n) is 4.65. The molecule has 2 aromatic rings. The zero-order valence-electron chi connectivity index (χ0n) is 12.2. The van der Waals surface area contributed by atoms with Crippen LogP contribution in [0, 0.1) is 0 Å². The van der Waals surface area contributed by atoms with Crippen molar-refractivity contribution in [1.82, 2.24) is 9.47 Å². The number of para-hydroxylation sites is 1. The number of aromatic nitrogens is 1. The summed E-state index contributed by atoms with van der Waals surface area (Å²) in [4.78, 5) is 14.9. The zero-order valence-corrected chi connectivity index (χ0v) is 12.2. The molecule has 1 aromatic heterocycles. The summed E-state index contributed by atoms with van der Waals surface area (Å²) in [6.07, 6.45) is 4.52. The second-order valence-corrected chi connectivity index (χ2v) is 5.87. The number of carbonyl (C=O) groups excluding carboxylic acids is 1. The highest BCUT2D eigenvalue weighted by Gasteiger charge is 2.26. The van der Waals surface area contributed by atoms with E-state index < -0.39 is 0 Å². The molecule has 110 valence electrons. The molecule has 1 saturated heterocycles. The van der Waals surface area contributed by atoms with Gasteiger partial charge in [0.2, 0.25) is 0 Å². The van der Waals surface area contributed by atoms with E-state index in [1.54, 1.807) is 0 Å². The summed E-state index contributed by atoms with van der Waals surface area (Å²) in [5.41, 5.74) is 3.69. The van der Waals surface area contributed by atoms with Crippen LogP contribution in [0.4, 0.5) is 4.79 Å². The van der Waals surface area contributed by atoms with E-state index in [4.69, 9.17) is 4.74 Å². The van der Waals surface area contributed by atoms with Crippen LogP contribution in [-0.2, 0) is 17.6 Å². The normalized spacial score (nSPS) is 18.8. The van der Waals surface area contributed by atoms with Crippen LogP contribution in [0.15, 0.2) is 24.3 Å². The Morgan fingerprint density at radius 3 is 2.67 bits per heavy atom. The molecule has 1 aromatic carbocycles. The van der Waals surface area contributed by atoms with Crippen LogP contribution in [0.1, 0.15) is 24.1 Å². The smallest absolute Gasteiger partial charge is 0.329 e. The van der Waals surface area contributed by atoms with Crippen molar-refractivity contribution in [3.63, 3.8) is 0 Å². The molecule has 4 heteroatoms. The van der Waals surface area contributed by atoms with Crippen LogP contribution in [0.25, 0.3) is 10.9 Å². The summed E-state index contributed by atoms with van der Waals surface area (Å²) in [6.45, 7) is 2.68. The summed E-state index contributed by atoms with van der Waals surface area (Å²) in [6, 6.07) is 8.45. The second kappa shape index (κ2) is 5.19. The van der Waals surface area contributed by atoms with Crippen molar-refractivity contribution < 1.29 is 9.53 Å². The second-order valence-electron chi connectivity index (χ2n) is 5.87. The Labute approximate surface area is 124 Å². The first-order chi connectivity index (χ1) is 10.4. The van der Waals surface area contributed by atoms with E-state index in [1.807, 2.05) is 15.5 Å². The average molecular weight is 284 g/mol. The van der Waals surface area contributed by atoms with E-state index in [1.165, 1.54) is 29.5 Å². The number of carbonyl (C=O) groups is 1. The Hall–Kier alpha value is -1.81. The van der Waals surface area contributed by atoms with E-state index in [9.17, 15) is 4.79 Å². The molecule has 4 rings (SSSR count). The molecule has 21 heavy (non-hydrogen) atoms. The lowest BCUT2D eigenvalue weighted by Crippen LogP contribution is -2.43. The van der Waals surface area contributed by atoms with Crippen LogP contribution < -0.4 is 0 Å². The lowest BCUT2D eigenvalue weighted by Gasteiger charge is -2.28. The standard InChI is InChI=1S/C17H20N2O2/c20-17(18-9-11-21-12-10-18)19-15-7-3-1-5-13(15)14-6-2-4-8-16(14)19/h1,3,5,7H,2,4,6,8-12H2. The van der Waals surface area contributed by atoms with Crippen molar-refractivity contribution in [2.45, 2.75) is 25.7 Å². The predicted octanol–water partition coefficient (Wildman–Crippen LogP) is 2.82. The highest BCUT2D eigenvalue weighted by molar-refractivity contribution is 5.95. The molecule has 1 aliphatic heterocycles. The number of amides is 1. The number of benzene rings is 1. The van der Waals surface area contributed by atoms with Crippen molar-refractivity contribution in [3.05, 3.63) is 35.5 Å². The minimum absolute atomic E-state index is 0.123. The summed E-state index contributed by atoms with van der Waals surface area (Å²) in [7, 11) is 0. The van der Waals surface area contributed by atoms with Gasteiger partial charge in [0.05, 0.1) is 18.7 Å². The Bertz CT molecular complexity index is 683. The van der Waals surface area contributed by atoms with Gasteiger partial charge in [-0.2, -0.15) is 0 Å². The van der Waals surface area contributed by atoms with Gasteiger partial charge in [0.25, 0.3) is 0 Å². The van der Waals surface area contributed by atoms with Gasteiger partial charge in [0.1, 0.15) is 0 Å². The summed E-state index contributed by atoms with van der Waals surface area (Å²) in [5.74, 6) is 0. The number of aryl methyl sites for hydroxylation is 1. The topological polar surface area (TPSA) is 34.5 Å². The molecule has 0 atom stereocenters. The first-order valence-corrected chi connectivity index (χ1v) is 7.84. The fourth-order valence-electron chi connectivity index (χ4n) is 3.61. The molecule has 0 saturated carbocycles. The van der Waals surface area contributed by atoms with Crippen molar-refractivity contribution >= 4 is 16.9 Å². The first kappa shape index (κ1) is 12.9. The van der Waals surface area contributed by atoms with Gasteiger partial charge >= 0.3 is 6.03 Å². The Kier molecular flexibility index (Phi) is 3.19. The first-order valence-electron chi connectivity index (χ1n) is 7.84. The molecule has 0 spiro atoms. The quantitative estimate of drug-likeness (QED) is 0.745. The number of rotatable bonds is 0. The van der Waals surface area contributed by atoms with Crippen LogP contribution >= 0.6 is 0 Å². The molecule has 0 unspecified atom stereocenters. The molecule has 2 heterocycles. The molecule has 0 bridgehead atoms. The number of nitrogens with zero attached hydrogens (tertiary/aromatic N) is 2. The maximum absolute atomic E-state index is 13.0. The van der Waals surface area contributed by atoms with Crippen LogP contribution in [0.3, 0.4) is 0 Å². The summed E-state index contributed by atoms with van der Waals surface area (Å²) in [5, 5.41) is 1.26. The number of hydrogen-bond acceptors (Lipinski definition) is 2. The SMILES string of the molecule is O=C(N1CCOCC1)n1c2c(c3ccccc31)CCCC2. The number of ether oxygens (including phenoxy) is 1. The zero-order chi connectivity index (χ0) is 14.2. The molecule has 0 N–H and O–H groups in total. The molecular weight excluding hydrogens is 264 g/mol. The number of fused-ring (bicyclic) bond motifs is 3. The van der Waals surface area contributed by atoms with Gasteiger partial charge in [0.15, 0.2) is 0 Å². The van der Waals surface area contributed by atoms with Crippen molar-refractivity contribution in [2.75, 3.05) is 26.3 Å². The van der Waals surface area contributed by atoms with Gasteiger partial charge in [-0.1, -0.05) is 18.2 Å². The highest BCUT2D eigenvalue weighted by Crippen LogP contribution is 2.32. The van der Waals surface area contributed by atoms with Crippen LogP contribution in [0.5, 0.6) is 0 Å². The van der Waals surface area contributed by atoms with E-state index in [0.29, 0.717) is 26.3 Å². The molecule has 4 nitrogen and oxygen atoms in total. The van der Waals surface area contributed by atoms with Gasteiger partial charge in [0, 0.05) is 24.2 Å². The third kappa shape index (κ3) is 2.05. The Morgan fingerprint density at radius 1 is 1.05 bits per heavy atom. The molecule has 1 fully saturated rings. The lowest BCUT2D eigenvalue weighted by molar-refractivity contribution is 0.0536. The van der Waals surface area contributed by atoms with Crippen molar-refractivity contribution in [2.24, 2.45) is 0 Å². The van der Waals surface area contributed by atoms with E-state index in [0.717, 1.165) is 18.4 Å². The van der Waals surface area contributed by atoms with Crippen molar-refractivity contribution in [3.8, 4) is 0 Å². The number of hydrogen-bond donors (Lipinski definition) is 0. The number of morpholine rings is 1. The average Bonchev–Trinajstić information content (AvgIpc) is 2.90. The molecule has 2 aliphatic rings. The maximum Gasteiger partial charge on any atom is 0.329 e. The van der Waals surface area contributed by atoms with E-state index in [-0.39, 0.29) is 6.03 Å². The van der Waals surface area contributed by atoms with E-state index >= 15 is 0 Å². The van der Waals surface area contributed by atoms with Gasteiger partial charge in [-0.15, -0.1) is 0 Å². The minimum Gasteiger partial charge on any atom is -0.378 e. The van der Waals surface area contributed by atoms with Gasteiger partial charge < -0.3 is 9.64 Å². The summed E-state index contributed by atoms with van der Waals surface area (Å²) < 4.78 is 7.33. The van der Waals surface area contributed by atoms with Crippen molar-refractivity contribution in [1.29, 1.82) is 0 Å². The highest BCUT2D eigenvalue weighted by atomic mass is 16.5. The monoisotopic (exact) mass is 284 g/mol. The maximum atomic E-state index is 13.0. The fourth-order valence-corrected chi connectivity index (χ4v) is 3.61. The van der Waals surface area contributed by atoms with E-state index in [2.05, 4.69) is 18.2 Å². The lowest BCUT2D eigenvalue weighted by atomic mass is 9.96. The van der Waals surface area contributed by atoms with Crippen LogP contribution in [0.2, 0.25) is 0 Å². The summed E-state index contributed by atoms with van der Waals surface area (Å²) >= 11 is 0. The largest absolute Gasteiger partial charge is 0.378 e. The fraction of sp³-hybridized carbons (Fsp3) is 0.471. The molecule has 1 amide bonds. The predicted molar refractivity (Wildman–Crippen MR) is 81.8 cm³/mol. The van der Waals surface area contributed by atoms with Gasteiger partial charge in [-0.25, -0.2) is 4.79 Å². The minimum atomic E-state index is 0.123. The molecular formula is C17H20N2O2. The van der Waals surface area contributed by atoms with Gasteiger partial charge in [-0.05, 0) is 37.3 Å². The van der Waals surface area contributed by atoms with Gasteiger partial charge in [-0.3, -0.25) is 4.57 Å². The van der Waals surface area contributed by atoms with Crippen LogP contribution in [-0.4, -0.2) is 41.8 Å². The Morgan fingerprint density at radius 2 is 1.81 bits per heavy atom. The molecule has 1 aliphatic carbocycles. The molecule has 0 radical (unpaired) electrons. The Balaban J connectivity index is 1.85.